The van der Waals surface area contributed by atoms with Gasteiger partial charge in [-0.2, -0.15) is 12.6 Å². The van der Waals surface area contributed by atoms with E-state index >= 15 is 0 Å². The number of unbranched alkanes of at least 4 members (excludes halogenated alkanes) is 22. The van der Waals surface area contributed by atoms with Crippen LogP contribution in [0, 0.1) is 47.3 Å². The lowest BCUT2D eigenvalue weighted by Gasteiger charge is -2.33. The molecule has 0 amide bonds. The zero-order chi connectivity index (χ0) is 51.1. The summed E-state index contributed by atoms with van der Waals surface area (Å²) in [6.45, 7) is 43.8. The zero-order valence-electron chi connectivity index (χ0n) is 49.7. The first-order valence-electron chi connectivity index (χ1n) is 30.8. The van der Waals surface area contributed by atoms with Crippen LogP contribution in [0.1, 0.15) is 342 Å². The zero-order valence-corrected chi connectivity index (χ0v) is 50.6. The Balaban J connectivity index is -0.000000374. The summed E-state index contributed by atoms with van der Waals surface area (Å²) in [5.74, 6) is 7.91. The van der Waals surface area contributed by atoms with Crippen molar-refractivity contribution >= 4 is 12.6 Å². The van der Waals surface area contributed by atoms with Gasteiger partial charge in [-0.05, 0) is 117 Å². The SMILES string of the molecule is C=C(CCCCCCCCCCCCCCCCCCCCCCC)C(CCC)CCC(CS)CCCCC.C=CC1CCC(CCC(C)C(C)C)C(C)C1.CC.CC.CC(C)C.CCC. The molecule has 1 heteroatoms. The number of thiol groups is 1. The highest BCUT2D eigenvalue weighted by Crippen LogP contribution is 2.38. The molecule has 0 spiro atoms. The van der Waals surface area contributed by atoms with Crippen LogP contribution in [0.5, 0.6) is 0 Å². The third kappa shape index (κ3) is 58.1. The quantitative estimate of drug-likeness (QED) is 0.0356. The topological polar surface area (TPSA) is 0 Å². The fraction of sp³-hybridized carbons (Fsp3) is 0.938. The Labute approximate surface area is 430 Å². The van der Waals surface area contributed by atoms with Crippen LogP contribution in [-0.4, -0.2) is 5.75 Å². The first kappa shape index (κ1) is 74.8. The second-order valence-corrected chi connectivity index (χ2v) is 22.2. The molecule has 1 rings (SSSR count). The molecule has 0 aromatic carbocycles. The maximum absolute atomic E-state index is 4.65. The molecule has 0 nitrogen and oxygen atoms in total. The molecular weight excluding hydrogens is 813 g/mol. The van der Waals surface area contributed by atoms with Gasteiger partial charge in [-0.1, -0.05) is 296 Å². The predicted octanol–water partition coefficient (Wildman–Crippen LogP) is 24.9. The molecule has 0 aliphatic heterocycles. The largest absolute Gasteiger partial charge is 0.179 e. The van der Waals surface area contributed by atoms with Crippen molar-refractivity contribution in [3.8, 4) is 0 Å². The lowest BCUT2D eigenvalue weighted by atomic mass is 9.72. The van der Waals surface area contributed by atoms with Crippen molar-refractivity contribution < 1.29 is 0 Å². The molecule has 0 aromatic rings. The summed E-state index contributed by atoms with van der Waals surface area (Å²) < 4.78 is 0. The van der Waals surface area contributed by atoms with Gasteiger partial charge in [-0.3, -0.25) is 0 Å². The van der Waals surface area contributed by atoms with E-state index in [0.29, 0.717) is 0 Å². The third-order valence-corrected chi connectivity index (χ3v) is 14.6. The molecule has 1 aliphatic rings. The van der Waals surface area contributed by atoms with Gasteiger partial charge in [0.15, 0.2) is 0 Å². The number of rotatable bonds is 38. The summed E-state index contributed by atoms with van der Waals surface area (Å²) in [7, 11) is 0. The molecule has 6 unspecified atom stereocenters. The molecule has 0 bridgehead atoms. The van der Waals surface area contributed by atoms with Gasteiger partial charge >= 0.3 is 0 Å². The minimum absolute atomic E-state index is 0.758. The maximum Gasteiger partial charge on any atom is -0.00695 e. The van der Waals surface area contributed by atoms with Gasteiger partial charge in [-0.25, -0.2) is 0 Å². The van der Waals surface area contributed by atoms with Crippen LogP contribution < -0.4 is 0 Å². The van der Waals surface area contributed by atoms with Crippen LogP contribution in [0.15, 0.2) is 24.8 Å². The van der Waals surface area contributed by atoms with Crippen molar-refractivity contribution in [2.45, 2.75) is 342 Å². The molecule has 0 radical (unpaired) electrons. The minimum atomic E-state index is 0.758. The van der Waals surface area contributed by atoms with E-state index in [2.05, 4.69) is 115 Å². The van der Waals surface area contributed by atoms with Crippen LogP contribution in [0.2, 0.25) is 0 Å². The number of hydrogen-bond acceptors (Lipinski definition) is 1. The number of allylic oxidation sites excluding steroid dienone is 2. The molecule has 0 saturated heterocycles. The van der Waals surface area contributed by atoms with E-state index in [4.69, 9.17) is 0 Å². The average Bonchev–Trinajstić information content (AvgIpc) is 3.31. The highest BCUT2D eigenvalue weighted by molar-refractivity contribution is 7.80. The van der Waals surface area contributed by atoms with Crippen LogP contribution in [-0.2, 0) is 0 Å². The number of hydrogen-bond donors (Lipinski definition) is 1. The molecular formula is C65H136S. The standard InChI is InChI=1S/C38H76S.C16H30.C4H10.C3H8.2C2H6/c1-5-8-10-11-12-13-14-15-16-17-18-19-20-21-22-23-24-25-26-27-29-31-36(4)38(30-7-3)34-33-37(35-39)32-28-9-6-2;1-6-15-8-10-16(14(5)11-15)9-7-13(4)12(2)3;1-4(2)3;1-3-2;2*1-2/h37-39H,4-35H2,1-3H3;6,12-16H,1,7-11H2,2-5H3;4H,1-3H3;3H2,1-2H3;2*1-2H3. The van der Waals surface area contributed by atoms with E-state index in [-0.39, 0.29) is 0 Å². The Bertz CT molecular complexity index is 853. The molecule has 0 heterocycles. The Kier molecular flexibility index (Phi) is 71.2. The lowest BCUT2D eigenvalue weighted by Crippen LogP contribution is -2.22. The molecule has 1 aliphatic carbocycles. The van der Waals surface area contributed by atoms with Crippen molar-refractivity contribution in [2.75, 3.05) is 5.75 Å². The average molecular weight is 950 g/mol. The van der Waals surface area contributed by atoms with Gasteiger partial charge in [-0.15, -0.1) is 6.58 Å². The molecule has 0 N–H and O–H groups in total. The molecule has 402 valence electrons. The highest BCUT2D eigenvalue weighted by atomic mass is 32.1. The first-order valence-corrected chi connectivity index (χ1v) is 31.4. The van der Waals surface area contributed by atoms with Gasteiger partial charge in [0.2, 0.25) is 0 Å². The minimum Gasteiger partial charge on any atom is -0.179 e. The second-order valence-electron chi connectivity index (χ2n) is 21.9. The fourth-order valence-corrected chi connectivity index (χ4v) is 9.65. The summed E-state index contributed by atoms with van der Waals surface area (Å²) in [5.41, 5.74) is 1.56. The van der Waals surface area contributed by atoms with E-state index in [1.54, 1.807) is 5.57 Å². The van der Waals surface area contributed by atoms with Crippen molar-refractivity contribution in [1.29, 1.82) is 0 Å². The fourth-order valence-electron chi connectivity index (χ4n) is 9.29. The van der Waals surface area contributed by atoms with Gasteiger partial charge < -0.3 is 0 Å². The maximum atomic E-state index is 4.65. The smallest absolute Gasteiger partial charge is 0.00695 e. The van der Waals surface area contributed by atoms with Gasteiger partial charge in [0.25, 0.3) is 0 Å². The van der Waals surface area contributed by atoms with Gasteiger partial charge in [0.1, 0.15) is 0 Å². The Morgan fingerprint density at radius 3 is 1.27 bits per heavy atom. The second kappa shape index (κ2) is 62.8. The summed E-state index contributed by atoms with van der Waals surface area (Å²) in [5, 5.41) is 0. The summed E-state index contributed by atoms with van der Waals surface area (Å²) >= 11 is 4.65. The molecule has 1 saturated carbocycles. The lowest BCUT2D eigenvalue weighted by molar-refractivity contribution is 0.192. The predicted molar refractivity (Wildman–Crippen MR) is 318 cm³/mol. The van der Waals surface area contributed by atoms with Crippen LogP contribution in [0.25, 0.3) is 0 Å². The monoisotopic (exact) mass is 949 g/mol. The van der Waals surface area contributed by atoms with Crippen molar-refractivity contribution in [3.05, 3.63) is 24.8 Å². The highest BCUT2D eigenvalue weighted by Gasteiger charge is 2.26. The van der Waals surface area contributed by atoms with Crippen molar-refractivity contribution in [1.82, 2.24) is 0 Å². The molecule has 1 fully saturated rings. The summed E-state index contributed by atoms with van der Waals surface area (Å²) in [6.07, 6.45) is 53.2. The van der Waals surface area contributed by atoms with Crippen LogP contribution in [0.3, 0.4) is 0 Å². The van der Waals surface area contributed by atoms with Gasteiger partial charge in [0.05, 0.1) is 0 Å². The Morgan fingerprint density at radius 1 is 0.530 bits per heavy atom. The first-order chi connectivity index (χ1) is 31.9. The van der Waals surface area contributed by atoms with E-state index in [9.17, 15) is 0 Å². The molecule has 6 atom stereocenters. The molecule has 0 aromatic heterocycles. The van der Waals surface area contributed by atoms with Crippen LogP contribution in [0.4, 0.5) is 0 Å². The van der Waals surface area contributed by atoms with E-state index in [0.717, 1.165) is 53.1 Å². The normalized spacial score (nSPS) is 16.7. The van der Waals surface area contributed by atoms with Crippen molar-refractivity contribution in [2.24, 2.45) is 47.3 Å². The van der Waals surface area contributed by atoms with E-state index in [1.807, 2.05) is 27.7 Å². The Hall–Kier alpha value is -0.170. The van der Waals surface area contributed by atoms with E-state index < -0.39 is 0 Å². The van der Waals surface area contributed by atoms with Crippen LogP contribution >= 0.6 is 12.6 Å². The Morgan fingerprint density at radius 2 is 0.924 bits per heavy atom. The summed E-state index contributed by atoms with van der Waals surface area (Å²) in [6, 6.07) is 0. The summed E-state index contributed by atoms with van der Waals surface area (Å²) in [4.78, 5) is 0. The van der Waals surface area contributed by atoms with E-state index in [1.165, 1.54) is 231 Å². The van der Waals surface area contributed by atoms with Crippen molar-refractivity contribution in [3.63, 3.8) is 0 Å². The third-order valence-electron chi connectivity index (χ3n) is 14.1. The molecule has 66 heavy (non-hydrogen) atoms. The van der Waals surface area contributed by atoms with Gasteiger partial charge in [0, 0.05) is 0 Å².